The fourth-order valence-electron chi connectivity index (χ4n) is 0.811. The van der Waals surface area contributed by atoms with Crippen LogP contribution in [0.1, 0.15) is 22.4 Å². The quantitative estimate of drug-likeness (QED) is 0.749. The number of hydrogen-bond acceptors (Lipinski definition) is 4. The Kier molecular flexibility index (Phi) is 3.39. The Balaban J connectivity index is 2.58. The zero-order valence-corrected chi connectivity index (χ0v) is 8.39. The summed E-state index contributed by atoms with van der Waals surface area (Å²) >= 11 is 1.43. The largest absolute Gasteiger partial charge is 0.394 e. The molecule has 2 N–H and O–H groups in total. The number of nitrogens with zero attached hydrogens (tertiary/aromatic N) is 1. The summed E-state index contributed by atoms with van der Waals surface area (Å²) in [6.07, 6.45) is 0. The highest BCUT2D eigenvalue weighted by Gasteiger charge is 2.11. The minimum atomic E-state index is -0.231. The Morgan fingerprint density at radius 1 is 1.85 bits per heavy atom. The van der Waals surface area contributed by atoms with Gasteiger partial charge in [0.25, 0.3) is 5.91 Å². The molecule has 1 amide bonds. The lowest BCUT2D eigenvalue weighted by molar-refractivity contribution is 0.0918. The molecule has 0 bridgehead atoms. The molecule has 1 heterocycles. The van der Waals surface area contributed by atoms with Gasteiger partial charge in [-0.15, -0.1) is 11.3 Å². The molecule has 5 heteroatoms. The molecule has 0 spiro atoms. The van der Waals surface area contributed by atoms with Crippen LogP contribution in [-0.4, -0.2) is 28.6 Å². The number of carbonyl (C=O) groups is 1. The molecule has 4 nitrogen and oxygen atoms in total. The number of aromatic nitrogens is 1. The van der Waals surface area contributed by atoms with Gasteiger partial charge in [-0.2, -0.15) is 0 Å². The number of aliphatic hydroxyl groups excluding tert-OH is 1. The van der Waals surface area contributed by atoms with Crippen molar-refractivity contribution in [1.29, 1.82) is 0 Å². The molecule has 13 heavy (non-hydrogen) atoms. The monoisotopic (exact) mass is 200 g/mol. The first-order chi connectivity index (χ1) is 6.13. The molecule has 1 atom stereocenters. The summed E-state index contributed by atoms with van der Waals surface area (Å²) in [4.78, 5) is 15.4. The fourth-order valence-corrected chi connectivity index (χ4v) is 1.40. The van der Waals surface area contributed by atoms with Gasteiger partial charge in [0, 0.05) is 11.4 Å². The van der Waals surface area contributed by atoms with Crippen molar-refractivity contribution in [3.8, 4) is 0 Å². The Morgan fingerprint density at radius 2 is 2.54 bits per heavy atom. The van der Waals surface area contributed by atoms with E-state index in [1.165, 1.54) is 11.3 Å². The number of carbonyl (C=O) groups excluding carboxylic acids is 1. The van der Waals surface area contributed by atoms with Crippen LogP contribution in [0, 0.1) is 6.92 Å². The van der Waals surface area contributed by atoms with Gasteiger partial charge < -0.3 is 10.4 Å². The molecule has 0 saturated heterocycles. The third-order valence-electron chi connectivity index (χ3n) is 1.50. The van der Waals surface area contributed by atoms with Crippen LogP contribution < -0.4 is 5.32 Å². The summed E-state index contributed by atoms with van der Waals surface area (Å²) in [5.74, 6) is -0.231. The van der Waals surface area contributed by atoms with Crippen LogP contribution in [0.25, 0.3) is 0 Å². The summed E-state index contributed by atoms with van der Waals surface area (Å²) in [5, 5.41) is 13.9. The molecule has 72 valence electrons. The van der Waals surface area contributed by atoms with Crippen molar-refractivity contribution in [1.82, 2.24) is 10.3 Å². The minimum absolute atomic E-state index is 0.0607. The number of amides is 1. The second-order valence-electron chi connectivity index (χ2n) is 2.81. The van der Waals surface area contributed by atoms with E-state index in [9.17, 15) is 4.79 Å². The predicted molar refractivity (Wildman–Crippen MR) is 50.9 cm³/mol. The Hall–Kier alpha value is -0.940. The lowest BCUT2D eigenvalue weighted by Gasteiger charge is -2.08. The second-order valence-corrected chi connectivity index (χ2v) is 3.87. The van der Waals surface area contributed by atoms with E-state index in [-0.39, 0.29) is 18.6 Å². The number of nitrogens with one attached hydrogen (secondary N) is 1. The van der Waals surface area contributed by atoms with Crippen molar-refractivity contribution < 1.29 is 9.90 Å². The molecular weight excluding hydrogens is 188 g/mol. The van der Waals surface area contributed by atoms with Gasteiger partial charge in [-0.25, -0.2) is 4.98 Å². The second kappa shape index (κ2) is 4.34. The number of aliphatic hydroxyl groups is 1. The van der Waals surface area contributed by atoms with Gasteiger partial charge in [0.05, 0.1) is 11.6 Å². The van der Waals surface area contributed by atoms with Crippen molar-refractivity contribution in [2.24, 2.45) is 0 Å². The molecule has 1 unspecified atom stereocenters. The van der Waals surface area contributed by atoms with E-state index in [0.717, 1.165) is 5.01 Å². The highest BCUT2D eigenvalue weighted by Crippen LogP contribution is 2.07. The molecule has 0 aliphatic carbocycles. The van der Waals surface area contributed by atoms with Crippen LogP contribution in [-0.2, 0) is 0 Å². The van der Waals surface area contributed by atoms with Crippen LogP contribution in [0.5, 0.6) is 0 Å². The first kappa shape index (κ1) is 10.1. The van der Waals surface area contributed by atoms with Crippen molar-refractivity contribution in [3.63, 3.8) is 0 Å². The molecule has 1 rings (SSSR count). The van der Waals surface area contributed by atoms with Gasteiger partial charge in [-0.05, 0) is 13.8 Å². The molecule has 0 radical (unpaired) electrons. The van der Waals surface area contributed by atoms with Gasteiger partial charge in [-0.3, -0.25) is 4.79 Å². The average Bonchev–Trinajstić information content (AvgIpc) is 2.51. The van der Waals surface area contributed by atoms with Crippen LogP contribution >= 0.6 is 11.3 Å². The van der Waals surface area contributed by atoms with Crippen molar-refractivity contribution in [3.05, 3.63) is 16.1 Å². The molecule has 0 aliphatic rings. The highest BCUT2D eigenvalue weighted by atomic mass is 32.1. The zero-order valence-electron chi connectivity index (χ0n) is 7.57. The first-order valence-corrected chi connectivity index (χ1v) is 4.85. The third kappa shape index (κ3) is 2.78. The Bertz CT molecular complexity index is 298. The number of aryl methyl sites for hydroxylation is 1. The molecular formula is C8H12N2O2S. The summed E-state index contributed by atoms with van der Waals surface area (Å²) < 4.78 is 0. The van der Waals surface area contributed by atoms with Gasteiger partial charge >= 0.3 is 0 Å². The molecule has 1 aromatic rings. The summed E-state index contributed by atoms with van der Waals surface area (Å²) in [6, 6.07) is -0.227. The highest BCUT2D eigenvalue weighted by molar-refractivity contribution is 7.09. The van der Waals surface area contributed by atoms with Gasteiger partial charge in [0.2, 0.25) is 0 Å². The van der Waals surface area contributed by atoms with Gasteiger partial charge in [0.15, 0.2) is 0 Å². The summed E-state index contributed by atoms with van der Waals surface area (Å²) in [6.45, 7) is 3.52. The molecule has 1 aromatic heterocycles. The number of rotatable bonds is 3. The lowest BCUT2D eigenvalue weighted by atomic mass is 10.3. The number of hydrogen-bond donors (Lipinski definition) is 2. The lowest BCUT2D eigenvalue weighted by Crippen LogP contribution is -2.35. The van der Waals surface area contributed by atoms with Crippen LogP contribution in [0.3, 0.4) is 0 Å². The Labute approximate surface area is 80.6 Å². The normalized spacial score (nSPS) is 12.5. The van der Waals surface area contributed by atoms with Crippen LogP contribution in [0.4, 0.5) is 0 Å². The third-order valence-corrected chi connectivity index (χ3v) is 2.28. The summed E-state index contributed by atoms with van der Waals surface area (Å²) in [7, 11) is 0. The molecule has 0 aliphatic heterocycles. The average molecular weight is 200 g/mol. The topological polar surface area (TPSA) is 62.2 Å². The first-order valence-electron chi connectivity index (χ1n) is 3.97. The van der Waals surface area contributed by atoms with Crippen LogP contribution in [0.15, 0.2) is 5.38 Å². The molecule has 0 saturated carbocycles. The van der Waals surface area contributed by atoms with E-state index < -0.39 is 0 Å². The SMILES string of the molecule is Cc1nc(C(=O)NC(C)CO)cs1. The maximum Gasteiger partial charge on any atom is 0.271 e. The Morgan fingerprint density at radius 3 is 3.00 bits per heavy atom. The maximum atomic E-state index is 11.3. The van der Waals surface area contributed by atoms with E-state index in [2.05, 4.69) is 10.3 Å². The van der Waals surface area contributed by atoms with Crippen molar-refractivity contribution >= 4 is 17.2 Å². The van der Waals surface area contributed by atoms with E-state index >= 15 is 0 Å². The van der Waals surface area contributed by atoms with E-state index in [4.69, 9.17) is 5.11 Å². The van der Waals surface area contributed by atoms with Crippen molar-refractivity contribution in [2.45, 2.75) is 19.9 Å². The molecule has 0 fully saturated rings. The maximum absolute atomic E-state index is 11.3. The minimum Gasteiger partial charge on any atom is -0.394 e. The van der Waals surface area contributed by atoms with E-state index in [1.807, 2.05) is 6.92 Å². The predicted octanol–water partition coefficient (Wildman–Crippen LogP) is 0.562. The molecule has 0 aromatic carbocycles. The van der Waals surface area contributed by atoms with E-state index in [1.54, 1.807) is 12.3 Å². The number of thiazole rings is 1. The van der Waals surface area contributed by atoms with Crippen molar-refractivity contribution in [2.75, 3.05) is 6.61 Å². The standard InChI is InChI=1S/C8H12N2O2S/c1-5(3-11)9-8(12)7-4-13-6(2)10-7/h4-5,11H,3H2,1-2H3,(H,9,12). The smallest absolute Gasteiger partial charge is 0.271 e. The fraction of sp³-hybridized carbons (Fsp3) is 0.500. The van der Waals surface area contributed by atoms with E-state index in [0.29, 0.717) is 5.69 Å². The van der Waals surface area contributed by atoms with Gasteiger partial charge in [0.1, 0.15) is 5.69 Å². The van der Waals surface area contributed by atoms with Gasteiger partial charge in [-0.1, -0.05) is 0 Å². The van der Waals surface area contributed by atoms with Crippen LogP contribution in [0.2, 0.25) is 0 Å². The summed E-state index contributed by atoms with van der Waals surface area (Å²) in [5.41, 5.74) is 0.419. The zero-order chi connectivity index (χ0) is 9.84.